The predicted molar refractivity (Wildman–Crippen MR) is 58.9 cm³/mol. The zero-order chi connectivity index (χ0) is 9.90. The van der Waals surface area contributed by atoms with Gasteiger partial charge in [-0.15, -0.1) is 0 Å². The predicted octanol–water partition coefficient (Wildman–Crippen LogP) is 3.34. The molecule has 0 saturated heterocycles. The summed E-state index contributed by atoms with van der Waals surface area (Å²) in [5.74, 6) is 0. The van der Waals surface area contributed by atoms with Crippen LogP contribution in [0.1, 0.15) is 59.8 Å². The van der Waals surface area contributed by atoms with E-state index >= 15 is 0 Å². The van der Waals surface area contributed by atoms with Crippen LogP contribution in [-0.2, 0) is 0 Å². The van der Waals surface area contributed by atoms with Crippen molar-refractivity contribution < 1.29 is 0 Å². The Morgan fingerprint density at radius 3 is 2.23 bits per heavy atom. The van der Waals surface area contributed by atoms with Gasteiger partial charge in [0, 0.05) is 12.1 Å². The zero-order valence-corrected chi connectivity index (χ0v) is 9.69. The van der Waals surface area contributed by atoms with Gasteiger partial charge in [-0.25, -0.2) is 0 Å². The van der Waals surface area contributed by atoms with Gasteiger partial charge in [0.25, 0.3) is 0 Å². The van der Waals surface area contributed by atoms with Crippen LogP contribution in [0, 0.1) is 5.41 Å². The molecule has 1 nitrogen and oxygen atoms in total. The van der Waals surface area contributed by atoms with Gasteiger partial charge in [0.1, 0.15) is 0 Å². The molecule has 1 heteroatoms. The van der Waals surface area contributed by atoms with Crippen molar-refractivity contribution in [3.63, 3.8) is 0 Å². The number of rotatable bonds is 3. The van der Waals surface area contributed by atoms with Crippen LogP contribution in [0.15, 0.2) is 0 Å². The first-order valence-corrected chi connectivity index (χ1v) is 5.82. The van der Waals surface area contributed by atoms with Crippen LogP contribution in [0.5, 0.6) is 0 Å². The Morgan fingerprint density at radius 2 is 1.85 bits per heavy atom. The van der Waals surface area contributed by atoms with Gasteiger partial charge in [-0.05, 0) is 31.1 Å². The van der Waals surface area contributed by atoms with Gasteiger partial charge in [-0.1, -0.05) is 34.1 Å². The lowest BCUT2D eigenvalue weighted by Gasteiger charge is -2.37. The summed E-state index contributed by atoms with van der Waals surface area (Å²) in [5, 5.41) is 3.64. The van der Waals surface area contributed by atoms with Gasteiger partial charge in [0.05, 0.1) is 0 Å². The third kappa shape index (κ3) is 3.30. The van der Waals surface area contributed by atoms with Gasteiger partial charge in [-0.3, -0.25) is 0 Å². The Morgan fingerprint density at radius 1 is 1.31 bits per heavy atom. The highest BCUT2D eigenvalue weighted by atomic mass is 14.9. The SMILES string of the molecule is CC[C@]1(C)CC[C@H](NC(C)C)CC1. The van der Waals surface area contributed by atoms with Crippen LogP contribution in [0.25, 0.3) is 0 Å². The Kier molecular flexibility index (Phi) is 3.78. The average molecular weight is 183 g/mol. The summed E-state index contributed by atoms with van der Waals surface area (Å²) < 4.78 is 0. The van der Waals surface area contributed by atoms with Crippen molar-refractivity contribution >= 4 is 0 Å². The molecule has 0 heterocycles. The van der Waals surface area contributed by atoms with Crippen LogP contribution in [0.4, 0.5) is 0 Å². The summed E-state index contributed by atoms with van der Waals surface area (Å²) in [4.78, 5) is 0. The first kappa shape index (κ1) is 11.0. The molecular weight excluding hydrogens is 158 g/mol. The molecule has 1 aliphatic carbocycles. The van der Waals surface area contributed by atoms with Crippen LogP contribution >= 0.6 is 0 Å². The maximum absolute atomic E-state index is 3.64. The van der Waals surface area contributed by atoms with E-state index in [1.165, 1.54) is 32.1 Å². The summed E-state index contributed by atoms with van der Waals surface area (Å²) in [6.07, 6.45) is 6.92. The normalized spacial score (nSPS) is 35.3. The summed E-state index contributed by atoms with van der Waals surface area (Å²) >= 11 is 0. The molecule has 0 aliphatic heterocycles. The average Bonchev–Trinajstić information content (AvgIpc) is 2.09. The largest absolute Gasteiger partial charge is 0.312 e. The minimum absolute atomic E-state index is 0.648. The second-order valence-electron chi connectivity index (χ2n) is 5.26. The minimum Gasteiger partial charge on any atom is -0.312 e. The van der Waals surface area contributed by atoms with Gasteiger partial charge in [0.15, 0.2) is 0 Å². The Labute approximate surface area is 83.3 Å². The van der Waals surface area contributed by atoms with E-state index in [-0.39, 0.29) is 0 Å². The van der Waals surface area contributed by atoms with Gasteiger partial charge >= 0.3 is 0 Å². The van der Waals surface area contributed by atoms with Crippen LogP contribution in [-0.4, -0.2) is 12.1 Å². The third-order valence-electron chi connectivity index (χ3n) is 3.62. The molecule has 0 spiro atoms. The lowest BCUT2D eigenvalue weighted by atomic mass is 9.72. The zero-order valence-electron chi connectivity index (χ0n) is 9.69. The van der Waals surface area contributed by atoms with Gasteiger partial charge in [-0.2, -0.15) is 0 Å². The second kappa shape index (κ2) is 4.45. The molecule has 1 N–H and O–H groups in total. The van der Waals surface area contributed by atoms with E-state index in [9.17, 15) is 0 Å². The Bertz CT molecular complexity index is 143. The smallest absolute Gasteiger partial charge is 0.00698 e. The summed E-state index contributed by atoms with van der Waals surface area (Å²) in [7, 11) is 0. The molecule has 0 radical (unpaired) electrons. The van der Waals surface area contributed by atoms with Crippen molar-refractivity contribution in [1.29, 1.82) is 0 Å². The lowest BCUT2D eigenvalue weighted by molar-refractivity contribution is 0.173. The standard InChI is InChI=1S/C12H25N/c1-5-12(4)8-6-11(7-9-12)13-10(2)3/h10-11,13H,5-9H2,1-4H3/t11-,12+. The summed E-state index contributed by atoms with van der Waals surface area (Å²) in [5.41, 5.74) is 0.648. The van der Waals surface area contributed by atoms with Crippen molar-refractivity contribution in [2.75, 3.05) is 0 Å². The molecule has 1 aliphatic rings. The van der Waals surface area contributed by atoms with Gasteiger partial charge in [0.2, 0.25) is 0 Å². The molecule has 0 atom stereocenters. The molecule has 1 fully saturated rings. The van der Waals surface area contributed by atoms with Crippen LogP contribution < -0.4 is 5.32 Å². The lowest BCUT2D eigenvalue weighted by Crippen LogP contribution is -2.39. The van der Waals surface area contributed by atoms with Crippen molar-refractivity contribution in [3.8, 4) is 0 Å². The molecule has 0 aromatic heterocycles. The highest BCUT2D eigenvalue weighted by molar-refractivity contribution is 4.84. The molecule has 0 aromatic rings. The molecule has 1 saturated carbocycles. The van der Waals surface area contributed by atoms with Crippen molar-refractivity contribution in [2.24, 2.45) is 5.41 Å². The first-order valence-electron chi connectivity index (χ1n) is 5.82. The summed E-state index contributed by atoms with van der Waals surface area (Å²) in [6.45, 7) is 9.26. The molecule has 0 bridgehead atoms. The quantitative estimate of drug-likeness (QED) is 0.707. The Hall–Kier alpha value is -0.0400. The first-order chi connectivity index (χ1) is 6.06. The second-order valence-corrected chi connectivity index (χ2v) is 5.26. The molecule has 0 unspecified atom stereocenters. The molecule has 1 rings (SSSR count). The number of nitrogens with one attached hydrogen (secondary N) is 1. The highest BCUT2D eigenvalue weighted by Crippen LogP contribution is 2.38. The monoisotopic (exact) mass is 183 g/mol. The third-order valence-corrected chi connectivity index (χ3v) is 3.62. The minimum atomic E-state index is 0.648. The van der Waals surface area contributed by atoms with Crippen LogP contribution in [0.2, 0.25) is 0 Å². The van der Waals surface area contributed by atoms with Crippen LogP contribution in [0.3, 0.4) is 0 Å². The van der Waals surface area contributed by atoms with E-state index < -0.39 is 0 Å². The summed E-state index contributed by atoms with van der Waals surface area (Å²) in [6, 6.07) is 1.44. The molecular formula is C12H25N. The molecule has 0 amide bonds. The van der Waals surface area contributed by atoms with Gasteiger partial charge < -0.3 is 5.32 Å². The fraction of sp³-hybridized carbons (Fsp3) is 1.00. The molecule has 13 heavy (non-hydrogen) atoms. The topological polar surface area (TPSA) is 12.0 Å². The molecule has 0 aromatic carbocycles. The van der Waals surface area contributed by atoms with Crippen molar-refractivity contribution in [2.45, 2.75) is 71.9 Å². The molecule has 78 valence electrons. The number of hydrogen-bond donors (Lipinski definition) is 1. The van der Waals surface area contributed by atoms with E-state index in [4.69, 9.17) is 0 Å². The fourth-order valence-corrected chi connectivity index (χ4v) is 2.31. The van der Waals surface area contributed by atoms with Crippen molar-refractivity contribution in [3.05, 3.63) is 0 Å². The number of hydrogen-bond acceptors (Lipinski definition) is 1. The van der Waals surface area contributed by atoms with E-state index in [2.05, 4.69) is 33.0 Å². The van der Waals surface area contributed by atoms with Crippen molar-refractivity contribution in [1.82, 2.24) is 5.32 Å². The van der Waals surface area contributed by atoms with E-state index in [1.807, 2.05) is 0 Å². The fourth-order valence-electron chi connectivity index (χ4n) is 2.31. The maximum atomic E-state index is 3.64. The van der Waals surface area contributed by atoms with E-state index in [1.54, 1.807) is 0 Å². The van der Waals surface area contributed by atoms with E-state index in [0.717, 1.165) is 6.04 Å². The Balaban J connectivity index is 2.30. The van der Waals surface area contributed by atoms with E-state index in [0.29, 0.717) is 11.5 Å². The highest BCUT2D eigenvalue weighted by Gasteiger charge is 2.29. The maximum Gasteiger partial charge on any atom is 0.00698 e.